The summed E-state index contributed by atoms with van der Waals surface area (Å²) in [5.41, 5.74) is 3.06. The molecule has 4 aromatic rings. The number of hydrogen-bond donors (Lipinski definition) is 0. The van der Waals surface area contributed by atoms with Crippen molar-refractivity contribution in [2.24, 2.45) is 7.05 Å². The molecule has 4 rings (SSSR count). The Balaban J connectivity index is 0.00000182. The van der Waals surface area contributed by atoms with Gasteiger partial charge >= 0.3 is 0 Å². The van der Waals surface area contributed by atoms with Gasteiger partial charge in [-0.2, -0.15) is 5.10 Å². The normalized spacial score (nSPS) is 10.6. The molecule has 0 saturated heterocycles. The summed E-state index contributed by atoms with van der Waals surface area (Å²) in [5.74, 6) is 1.79. The fraction of sp³-hybridized carbons (Fsp3) is 0.176. The number of nitrogens with zero attached hydrogens (tertiary/aromatic N) is 7. The molecule has 3 aromatic heterocycles. The monoisotopic (exact) mass is 355 g/mol. The second-order valence-electron chi connectivity index (χ2n) is 5.67. The molecule has 0 aliphatic heterocycles. The predicted molar refractivity (Wildman–Crippen MR) is 96.9 cm³/mol. The smallest absolute Gasteiger partial charge is 0.164 e. The maximum absolute atomic E-state index is 4.58. The van der Waals surface area contributed by atoms with Gasteiger partial charge in [-0.25, -0.2) is 19.6 Å². The van der Waals surface area contributed by atoms with Crippen LogP contribution in [0, 0.1) is 6.92 Å². The molecule has 128 valence electrons. The molecule has 0 atom stereocenters. The van der Waals surface area contributed by atoms with Crippen LogP contribution in [0.5, 0.6) is 0 Å². The predicted octanol–water partition coefficient (Wildman–Crippen LogP) is 2.64. The van der Waals surface area contributed by atoms with Gasteiger partial charge in [0.05, 0.1) is 6.54 Å². The van der Waals surface area contributed by atoms with Gasteiger partial charge in [0.25, 0.3) is 0 Å². The fourth-order valence-electron chi connectivity index (χ4n) is 2.67. The second-order valence-corrected chi connectivity index (χ2v) is 5.67. The van der Waals surface area contributed by atoms with Gasteiger partial charge in [-0.05, 0) is 24.6 Å². The molecule has 0 fully saturated rings. The summed E-state index contributed by atoms with van der Waals surface area (Å²) < 4.78 is 5.85. The van der Waals surface area contributed by atoms with E-state index in [-0.39, 0.29) is 12.4 Å². The molecule has 25 heavy (non-hydrogen) atoms. The standard InChI is InChI=1S/C17H17N7.ClH/c1-13-21-16(10-22(13)2)17-19-6-7-24(17)15-5-3-4-14(8-15)9-23-12-18-11-20-23;/h3-8,10-12H,9H2,1-2H3;1H. The van der Waals surface area contributed by atoms with Crippen molar-refractivity contribution >= 4 is 12.4 Å². The number of halogens is 1. The zero-order chi connectivity index (χ0) is 16.5. The molecule has 7 nitrogen and oxygen atoms in total. The van der Waals surface area contributed by atoms with Crippen LogP contribution in [0.15, 0.2) is 55.5 Å². The van der Waals surface area contributed by atoms with Crippen LogP contribution in [0.3, 0.4) is 0 Å². The molecule has 0 N–H and O–H groups in total. The average molecular weight is 356 g/mol. The van der Waals surface area contributed by atoms with Crippen LogP contribution in [-0.2, 0) is 13.6 Å². The third kappa shape index (κ3) is 3.32. The Hall–Kier alpha value is -2.93. The van der Waals surface area contributed by atoms with E-state index in [9.17, 15) is 0 Å². The van der Waals surface area contributed by atoms with E-state index in [4.69, 9.17) is 0 Å². The molecule has 0 bridgehead atoms. The van der Waals surface area contributed by atoms with Crippen LogP contribution >= 0.6 is 12.4 Å². The maximum Gasteiger partial charge on any atom is 0.164 e. The van der Waals surface area contributed by atoms with Gasteiger partial charge in [-0.1, -0.05) is 12.1 Å². The number of rotatable bonds is 4. The molecule has 8 heteroatoms. The summed E-state index contributed by atoms with van der Waals surface area (Å²) >= 11 is 0. The van der Waals surface area contributed by atoms with E-state index in [0.29, 0.717) is 6.54 Å². The Kier molecular flexibility index (Phi) is 4.67. The molecule has 0 unspecified atom stereocenters. The lowest BCUT2D eigenvalue weighted by Gasteiger charge is -2.09. The lowest BCUT2D eigenvalue weighted by Crippen LogP contribution is -2.02. The summed E-state index contributed by atoms with van der Waals surface area (Å²) in [4.78, 5) is 13.0. The topological polar surface area (TPSA) is 66.3 Å². The van der Waals surface area contributed by atoms with E-state index >= 15 is 0 Å². The van der Waals surface area contributed by atoms with Crippen molar-refractivity contribution < 1.29 is 0 Å². The summed E-state index contributed by atoms with van der Waals surface area (Å²) in [6.45, 7) is 2.66. The van der Waals surface area contributed by atoms with Crippen LogP contribution in [0.4, 0.5) is 0 Å². The zero-order valence-corrected chi connectivity index (χ0v) is 14.8. The molecule has 0 amide bonds. The van der Waals surface area contributed by atoms with Crippen molar-refractivity contribution in [3.05, 3.63) is 66.9 Å². The van der Waals surface area contributed by atoms with E-state index in [1.165, 1.54) is 0 Å². The molecule has 0 saturated carbocycles. The van der Waals surface area contributed by atoms with Crippen LogP contribution in [0.1, 0.15) is 11.4 Å². The number of aromatic nitrogens is 7. The second kappa shape index (κ2) is 6.90. The minimum Gasteiger partial charge on any atom is -0.337 e. The van der Waals surface area contributed by atoms with Crippen LogP contribution in [-0.4, -0.2) is 33.9 Å². The zero-order valence-electron chi connectivity index (χ0n) is 13.9. The van der Waals surface area contributed by atoms with E-state index in [0.717, 1.165) is 28.6 Å². The van der Waals surface area contributed by atoms with Gasteiger partial charge in [0.2, 0.25) is 0 Å². The highest BCUT2D eigenvalue weighted by Crippen LogP contribution is 2.21. The van der Waals surface area contributed by atoms with E-state index in [1.807, 2.05) is 41.6 Å². The molecule has 1 aromatic carbocycles. The van der Waals surface area contributed by atoms with Crippen molar-refractivity contribution in [2.75, 3.05) is 0 Å². The summed E-state index contributed by atoms with van der Waals surface area (Å²) in [6, 6.07) is 8.30. The first-order valence-corrected chi connectivity index (χ1v) is 7.66. The number of imidazole rings is 2. The van der Waals surface area contributed by atoms with Gasteiger partial charge < -0.3 is 4.57 Å². The molecule has 0 aliphatic rings. The first-order valence-electron chi connectivity index (χ1n) is 7.66. The highest BCUT2D eigenvalue weighted by molar-refractivity contribution is 5.85. The molecular weight excluding hydrogens is 338 g/mol. The Labute approximate surface area is 151 Å². The number of hydrogen-bond acceptors (Lipinski definition) is 4. The van der Waals surface area contributed by atoms with Crippen molar-refractivity contribution in [3.63, 3.8) is 0 Å². The third-order valence-corrected chi connectivity index (χ3v) is 3.98. The first kappa shape index (κ1) is 16.9. The maximum atomic E-state index is 4.58. The van der Waals surface area contributed by atoms with E-state index in [2.05, 4.69) is 38.2 Å². The highest BCUT2D eigenvalue weighted by atomic mass is 35.5. The molecule has 3 heterocycles. The minimum atomic E-state index is 0. The highest BCUT2D eigenvalue weighted by Gasteiger charge is 2.12. The lowest BCUT2D eigenvalue weighted by atomic mass is 10.2. The lowest BCUT2D eigenvalue weighted by molar-refractivity contribution is 0.684. The fourth-order valence-corrected chi connectivity index (χ4v) is 2.67. The largest absolute Gasteiger partial charge is 0.337 e. The number of aryl methyl sites for hydroxylation is 2. The van der Waals surface area contributed by atoms with Crippen molar-refractivity contribution in [1.29, 1.82) is 0 Å². The molecular formula is C17H18ClN7. The average Bonchev–Trinajstić information content (AvgIpc) is 3.30. The van der Waals surface area contributed by atoms with Crippen LogP contribution in [0.25, 0.3) is 17.2 Å². The Bertz CT molecular complexity index is 949. The molecule has 0 radical (unpaired) electrons. The van der Waals surface area contributed by atoms with Gasteiger partial charge in [-0.3, -0.25) is 4.57 Å². The van der Waals surface area contributed by atoms with E-state index in [1.54, 1.807) is 23.5 Å². The third-order valence-electron chi connectivity index (χ3n) is 3.98. The minimum absolute atomic E-state index is 0. The Morgan fingerprint density at radius 1 is 1.20 bits per heavy atom. The van der Waals surface area contributed by atoms with Crippen molar-refractivity contribution in [3.8, 4) is 17.2 Å². The molecule has 0 spiro atoms. The summed E-state index contributed by atoms with van der Waals surface area (Å²) in [7, 11) is 1.98. The van der Waals surface area contributed by atoms with Gasteiger partial charge in [-0.15, -0.1) is 12.4 Å². The van der Waals surface area contributed by atoms with Gasteiger partial charge in [0.15, 0.2) is 5.82 Å². The number of benzene rings is 1. The Morgan fingerprint density at radius 3 is 2.80 bits per heavy atom. The van der Waals surface area contributed by atoms with Gasteiger partial charge in [0, 0.05) is 31.3 Å². The SMILES string of the molecule is Cc1nc(-c2nccn2-c2cccc(Cn3cncn3)c2)cn1C.Cl. The van der Waals surface area contributed by atoms with Crippen LogP contribution in [0.2, 0.25) is 0 Å². The van der Waals surface area contributed by atoms with E-state index < -0.39 is 0 Å². The Morgan fingerprint density at radius 2 is 2.08 bits per heavy atom. The van der Waals surface area contributed by atoms with Crippen LogP contribution < -0.4 is 0 Å². The van der Waals surface area contributed by atoms with Crippen molar-refractivity contribution in [2.45, 2.75) is 13.5 Å². The van der Waals surface area contributed by atoms with Gasteiger partial charge in [0.1, 0.15) is 24.2 Å². The summed E-state index contributed by atoms with van der Waals surface area (Å²) in [5, 5.41) is 4.16. The quantitative estimate of drug-likeness (QED) is 0.564. The summed E-state index contributed by atoms with van der Waals surface area (Å²) in [6.07, 6.45) is 9.00. The molecule has 0 aliphatic carbocycles. The first-order chi connectivity index (χ1) is 11.7. The van der Waals surface area contributed by atoms with Crippen molar-refractivity contribution in [1.82, 2.24) is 33.9 Å².